The highest BCUT2D eigenvalue weighted by molar-refractivity contribution is 5.87. The van der Waals surface area contributed by atoms with Gasteiger partial charge in [-0.15, -0.1) is 0 Å². The lowest BCUT2D eigenvalue weighted by molar-refractivity contribution is -0.117. The van der Waals surface area contributed by atoms with Crippen LogP contribution >= 0.6 is 0 Å². The third-order valence-corrected chi connectivity index (χ3v) is 2.55. The molecule has 4 unspecified atom stereocenters. The SMILES string of the molecule is C=CC(=O)NC(C)COCC(C)OCC(C)OCC(C)N. The van der Waals surface area contributed by atoms with E-state index in [-0.39, 0.29) is 30.2 Å². The van der Waals surface area contributed by atoms with Crippen LogP contribution in [0.3, 0.4) is 0 Å². The summed E-state index contributed by atoms with van der Waals surface area (Å²) in [5.41, 5.74) is 5.61. The number of hydrogen-bond acceptors (Lipinski definition) is 5. The van der Waals surface area contributed by atoms with Gasteiger partial charge in [-0.05, 0) is 33.8 Å². The van der Waals surface area contributed by atoms with E-state index in [2.05, 4.69) is 11.9 Å². The van der Waals surface area contributed by atoms with Crippen LogP contribution in [-0.2, 0) is 19.0 Å². The minimum Gasteiger partial charge on any atom is -0.377 e. The topological polar surface area (TPSA) is 82.8 Å². The number of nitrogens with one attached hydrogen (secondary N) is 1. The molecule has 6 heteroatoms. The first-order valence-electron chi connectivity index (χ1n) is 7.34. The van der Waals surface area contributed by atoms with E-state index in [4.69, 9.17) is 19.9 Å². The predicted octanol–water partition coefficient (Wildman–Crippen LogP) is 0.851. The van der Waals surface area contributed by atoms with Gasteiger partial charge in [0.15, 0.2) is 0 Å². The fraction of sp³-hybridized carbons (Fsp3) is 0.800. The van der Waals surface area contributed by atoms with E-state index >= 15 is 0 Å². The highest BCUT2D eigenvalue weighted by atomic mass is 16.6. The van der Waals surface area contributed by atoms with Gasteiger partial charge in [-0.3, -0.25) is 4.79 Å². The molecule has 0 heterocycles. The number of carbonyl (C=O) groups excluding carboxylic acids is 1. The quantitative estimate of drug-likeness (QED) is 0.522. The van der Waals surface area contributed by atoms with E-state index < -0.39 is 0 Å². The Bertz CT molecular complexity index is 297. The van der Waals surface area contributed by atoms with Crippen molar-refractivity contribution in [1.29, 1.82) is 0 Å². The number of rotatable bonds is 12. The van der Waals surface area contributed by atoms with Gasteiger partial charge in [0, 0.05) is 12.1 Å². The van der Waals surface area contributed by atoms with Crippen molar-refractivity contribution in [3.63, 3.8) is 0 Å². The van der Waals surface area contributed by atoms with Crippen molar-refractivity contribution in [3.8, 4) is 0 Å². The van der Waals surface area contributed by atoms with Gasteiger partial charge in [0.2, 0.25) is 5.91 Å². The Kier molecular flexibility index (Phi) is 11.2. The highest BCUT2D eigenvalue weighted by Gasteiger charge is 2.10. The average Bonchev–Trinajstić information content (AvgIpc) is 2.42. The van der Waals surface area contributed by atoms with Crippen LogP contribution < -0.4 is 11.1 Å². The minimum absolute atomic E-state index is 0.00394. The summed E-state index contributed by atoms with van der Waals surface area (Å²) in [6, 6.07) is -0.0310. The molecule has 3 N–H and O–H groups in total. The second-order valence-corrected chi connectivity index (χ2v) is 5.42. The molecule has 0 saturated carbocycles. The average molecular weight is 302 g/mol. The second-order valence-electron chi connectivity index (χ2n) is 5.42. The minimum atomic E-state index is -0.199. The molecule has 0 aliphatic heterocycles. The van der Waals surface area contributed by atoms with Crippen LogP contribution in [0.4, 0.5) is 0 Å². The summed E-state index contributed by atoms with van der Waals surface area (Å²) in [5.74, 6) is -0.199. The summed E-state index contributed by atoms with van der Waals surface area (Å²) in [6.45, 7) is 13.0. The first-order chi connectivity index (χ1) is 9.85. The molecule has 0 aliphatic carbocycles. The zero-order valence-electron chi connectivity index (χ0n) is 13.6. The van der Waals surface area contributed by atoms with Crippen LogP contribution in [0.15, 0.2) is 12.7 Å². The van der Waals surface area contributed by atoms with E-state index in [1.54, 1.807) is 0 Å². The maximum atomic E-state index is 11.1. The predicted molar refractivity (Wildman–Crippen MR) is 83.1 cm³/mol. The molecule has 21 heavy (non-hydrogen) atoms. The summed E-state index contributed by atoms with van der Waals surface area (Å²) >= 11 is 0. The lowest BCUT2D eigenvalue weighted by Crippen LogP contribution is -2.35. The van der Waals surface area contributed by atoms with Crippen LogP contribution in [0, 0.1) is 0 Å². The van der Waals surface area contributed by atoms with Gasteiger partial charge in [0.25, 0.3) is 0 Å². The van der Waals surface area contributed by atoms with Gasteiger partial charge in [-0.1, -0.05) is 6.58 Å². The smallest absolute Gasteiger partial charge is 0.243 e. The Morgan fingerprint density at radius 1 is 1.10 bits per heavy atom. The molecule has 0 fully saturated rings. The Morgan fingerprint density at radius 2 is 1.67 bits per heavy atom. The fourth-order valence-electron chi connectivity index (χ4n) is 1.47. The number of nitrogens with two attached hydrogens (primary N) is 1. The summed E-state index contributed by atoms with van der Waals surface area (Å²) < 4.78 is 16.6. The van der Waals surface area contributed by atoms with Crippen molar-refractivity contribution in [2.75, 3.05) is 26.4 Å². The van der Waals surface area contributed by atoms with Crippen LogP contribution in [-0.4, -0.2) is 56.6 Å². The molecule has 0 bridgehead atoms. The summed E-state index contributed by atoms with van der Waals surface area (Å²) in [6.07, 6.45) is 1.21. The van der Waals surface area contributed by atoms with Crippen molar-refractivity contribution in [1.82, 2.24) is 5.32 Å². The molecule has 0 radical (unpaired) electrons. The lowest BCUT2D eigenvalue weighted by atomic mass is 10.3. The molecule has 0 spiro atoms. The van der Waals surface area contributed by atoms with Gasteiger partial charge in [-0.2, -0.15) is 0 Å². The molecule has 0 aliphatic rings. The Labute approximate surface area is 128 Å². The third-order valence-electron chi connectivity index (χ3n) is 2.55. The molecular formula is C15H30N2O4. The van der Waals surface area contributed by atoms with Crippen molar-refractivity contribution in [2.24, 2.45) is 5.73 Å². The number of hydrogen-bond donors (Lipinski definition) is 2. The van der Waals surface area contributed by atoms with Gasteiger partial charge in [0.1, 0.15) is 0 Å². The van der Waals surface area contributed by atoms with Gasteiger partial charge in [-0.25, -0.2) is 0 Å². The molecule has 0 aromatic heterocycles. The monoisotopic (exact) mass is 302 g/mol. The van der Waals surface area contributed by atoms with E-state index in [0.717, 1.165) is 0 Å². The number of carbonyl (C=O) groups is 1. The molecule has 0 aromatic rings. The molecule has 0 rings (SSSR count). The first kappa shape index (κ1) is 20.1. The second kappa shape index (κ2) is 11.7. The van der Waals surface area contributed by atoms with E-state index in [1.165, 1.54) is 6.08 Å². The standard InChI is InChI=1S/C15H30N2O4/c1-6-15(18)17-12(3)8-19-9-13(4)21-10-14(5)20-7-11(2)16/h6,11-14H,1,7-10,16H2,2-5H3,(H,17,18). The van der Waals surface area contributed by atoms with Gasteiger partial charge < -0.3 is 25.3 Å². The van der Waals surface area contributed by atoms with E-state index in [1.807, 2.05) is 27.7 Å². The first-order valence-corrected chi connectivity index (χ1v) is 7.34. The van der Waals surface area contributed by atoms with Crippen LogP contribution in [0.2, 0.25) is 0 Å². The molecule has 0 aromatic carbocycles. The van der Waals surface area contributed by atoms with Crippen LogP contribution in [0.5, 0.6) is 0 Å². The molecule has 0 saturated heterocycles. The van der Waals surface area contributed by atoms with Crippen LogP contribution in [0.1, 0.15) is 27.7 Å². The zero-order chi connectivity index (χ0) is 16.3. The fourth-order valence-corrected chi connectivity index (χ4v) is 1.47. The van der Waals surface area contributed by atoms with Crippen molar-refractivity contribution >= 4 is 5.91 Å². The van der Waals surface area contributed by atoms with Gasteiger partial charge in [0.05, 0.1) is 38.6 Å². The Balaban J connectivity index is 3.63. The zero-order valence-corrected chi connectivity index (χ0v) is 13.6. The summed E-state index contributed by atoms with van der Waals surface area (Å²) in [5, 5.41) is 2.73. The van der Waals surface area contributed by atoms with E-state index in [9.17, 15) is 4.79 Å². The van der Waals surface area contributed by atoms with Crippen molar-refractivity contribution in [3.05, 3.63) is 12.7 Å². The third kappa shape index (κ3) is 12.5. The molecule has 1 amide bonds. The van der Waals surface area contributed by atoms with Crippen LogP contribution in [0.25, 0.3) is 0 Å². The normalized spacial score (nSPS) is 16.8. The summed E-state index contributed by atoms with van der Waals surface area (Å²) in [7, 11) is 0. The maximum absolute atomic E-state index is 11.1. The molecule has 4 atom stereocenters. The van der Waals surface area contributed by atoms with Crippen molar-refractivity contribution in [2.45, 2.75) is 52.0 Å². The largest absolute Gasteiger partial charge is 0.377 e. The molecule has 124 valence electrons. The highest BCUT2D eigenvalue weighted by Crippen LogP contribution is 1.99. The van der Waals surface area contributed by atoms with Crippen molar-refractivity contribution < 1.29 is 19.0 Å². The summed E-state index contributed by atoms with van der Waals surface area (Å²) in [4.78, 5) is 11.1. The molecule has 6 nitrogen and oxygen atoms in total. The maximum Gasteiger partial charge on any atom is 0.243 e. The van der Waals surface area contributed by atoms with E-state index in [0.29, 0.717) is 26.4 Å². The Hall–Kier alpha value is -0.950. The van der Waals surface area contributed by atoms with Gasteiger partial charge >= 0.3 is 0 Å². The molecular weight excluding hydrogens is 272 g/mol. The Morgan fingerprint density at radius 3 is 2.24 bits per heavy atom. The lowest BCUT2D eigenvalue weighted by Gasteiger charge is -2.19. The number of amides is 1. The number of ether oxygens (including phenoxy) is 3.